The molecule has 1 aliphatic rings. The first-order valence-electron chi connectivity index (χ1n) is 8.23. The molecule has 0 saturated heterocycles. The molecule has 0 radical (unpaired) electrons. The van der Waals surface area contributed by atoms with Crippen LogP contribution < -0.4 is 10.6 Å². The van der Waals surface area contributed by atoms with E-state index in [0.29, 0.717) is 0 Å². The summed E-state index contributed by atoms with van der Waals surface area (Å²) in [5.41, 5.74) is 2.23. The molecule has 1 aromatic heterocycles. The number of hydrogen-bond donors (Lipinski definition) is 2. The van der Waals surface area contributed by atoms with E-state index in [1.165, 1.54) is 6.07 Å². The first-order chi connectivity index (χ1) is 11.6. The van der Waals surface area contributed by atoms with Gasteiger partial charge in [-0.15, -0.1) is 11.3 Å². The maximum atomic E-state index is 13.5. The average molecular weight is 346 g/mol. The molecule has 0 atom stereocenters. The topological polar surface area (TPSA) is 49.3 Å². The Hall–Kier alpha value is -1.95. The van der Waals surface area contributed by atoms with Gasteiger partial charge in [-0.1, -0.05) is 12.1 Å². The molecule has 6 heteroatoms. The minimum Gasteiger partial charge on any atom is -0.356 e. The fourth-order valence-electron chi connectivity index (χ4n) is 2.84. The van der Waals surface area contributed by atoms with Gasteiger partial charge < -0.3 is 10.6 Å². The lowest BCUT2D eigenvalue weighted by Gasteiger charge is -2.19. The molecule has 0 amide bonds. The van der Waals surface area contributed by atoms with Gasteiger partial charge in [-0.2, -0.15) is 0 Å². The number of aliphatic imine (C=N–C) groups is 1. The molecule has 1 saturated carbocycles. The Balaban J connectivity index is 1.49. The minimum absolute atomic E-state index is 0.0474. The fourth-order valence-corrected chi connectivity index (χ4v) is 3.49. The Labute approximate surface area is 146 Å². The molecule has 128 valence electrons. The number of nitrogens with zero attached hydrogens (tertiary/aromatic N) is 2. The van der Waals surface area contributed by atoms with Gasteiger partial charge in [0.25, 0.3) is 0 Å². The third-order valence-electron chi connectivity index (χ3n) is 4.45. The zero-order chi connectivity index (χ0) is 17.0. The van der Waals surface area contributed by atoms with E-state index in [4.69, 9.17) is 0 Å². The van der Waals surface area contributed by atoms with Crippen LogP contribution in [0.25, 0.3) is 0 Å². The van der Waals surface area contributed by atoms with Gasteiger partial charge in [0, 0.05) is 37.4 Å². The van der Waals surface area contributed by atoms with Gasteiger partial charge in [0.2, 0.25) is 0 Å². The molecule has 0 unspecified atom stereocenters. The maximum Gasteiger partial charge on any atom is 0.191 e. The lowest BCUT2D eigenvalue weighted by molar-refractivity contribution is 0.607. The molecular weight excluding hydrogens is 323 g/mol. The van der Waals surface area contributed by atoms with Crippen LogP contribution in [-0.4, -0.2) is 31.1 Å². The number of aromatic nitrogens is 1. The fraction of sp³-hybridized carbons (Fsp3) is 0.444. The predicted molar refractivity (Wildman–Crippen MR) is 97.2 cm³/mol. The van der Waals surface area contributed by atoms with Gasteiger partial charge in [-0.3, -0.25) is 4.99 Å². The summed E-state index contributed by atoms with van der Waals surface area (Å²) in [5.74, 6) is 0.615. The molecule has 4 nitrogen and oxygen atoms in total. The van der Waals surface area contributed by atoms with Crippen LogP contribution in [0.2, 0.25) is 0 Å². The zero-order valence-corrected chi connectivity index (χ0v) is 14.9. The van der Waals surface area contributed by atoms with Crippen molar-refractivity contribution in [3.8, 4) is 0 Å². The van der Waals surface area contributed by atoms with Crippen molar-refractivity contribution in [1.82, 2.24) is 15.6 Å². The van der Waals surface area contributed by atoms with E-state index in [9.17, 15) is 4.39 Å². The van der Waals surface area contributed by atoms with Crippen LogP contribution in [0.4, 0.5) is 4.39 Å². The molecule has 0 bridgehead atoms. The highest BCUT2D eigenvalue weighted by Crippen LogP contribution is 2.47. The zero-order valence-electron chi connectivity index (χ0n) is 14.1. The van der Waals surface area contributed by atoms with Crippen LogP contribution in [0.5, 0.6) is 0 Å². The predicted octanol–water partition coefficient (Wildman–Crippen LogP) is 3.03. The van der Waals surface area contributed by atoms with Crippen molar-refractivity contribution in [2.45, 2.75) is 31.6 Å². The molecule has 1 aromatic carbocycles. The third kappa shape index (κ3) is 4.12. The first kappa shape index (κ1) is 16.9. The summed E-state index contributed by atoms with van der Waals surface area (Å²) in [6.07, 6.45) is 3.04. The molecule has 0 spiro atoms. The molecule has 1 aliphatic carbocycles. The lowest BCUT2D eigenvalue weighted by Crippen LogP contribution is -2.42. The Kier molecular flexibility index (Phi) is 5.14. The third-order valence-corrected chi connectivity index (χ3v) is 5.27. The van der Waals surface area contributed by atoms with Gasteiger partial charge >= 0.3 is 0 Å². The Morgan fingerprint density at radius 1 is 1.38 bits per heavy atom. The quantitative estimate of drug-likeness (QED) is 0.624. The first-order valence-corrected chi connectivity index (χ1v) is 9.11. The van der Waals surface area contributed by atoms with Crippen LogP contribution >= 0.6 is 11.3 Å². The lowest BCUT2D eigenvalue weighted by atomic mass is 9.96. The maximum absolute atomic E-state index is 13.5. The highest BCUT2D eigenvalue weighted by Gasteiger charge is 2.44. The van der Waals surface area contributed by atoms with E-state index in [-0.39, 0.29) is 11.2 Å². The highest BCUT2D eigenvalue weighted by molar-refractivity contribution is 7.09. The number of nitrogens with one attached hydrogen (secondary N) is 2. The standard InChI is InChI=1S/C18H23FN4S/c1-13-23-16(11-24-13)6-9-21-17(20-2)22-12-18(7-8-18)14-4-3-5-15(19)10-14/h3-5,10-11H,6-9,12H2,1-2H3,(H2,20,21,22). The SMILES string of the molecule is CN=C(NCCc1csc(C)n1)NCC1(c2cccc(F)c2)CC1. The summed E-state index contributed by atoms with van der Waals surface area (Å²) in [6, 6.07) is 6.94. The van der Waals surface area contributed by atoms with E-state index < -0.39 is 0 Å². The highest BCUT2D eigenvalue weighted by atomic mass is 32.1. The van der Waals surface area contributed by atoms with Gasteiger partial charge in [-0.25, -0.2) is 9.37 Å². The summed E-state index contributed by atoms with van der Waals surface area (Å²) in [6.45, 7) is 3.57. The Bertz CT molecular complexity index is 721. The molecule has 3 rings (SSSR count). The Morgan fingerprint density at radius 2 is 2.21 bits per heavy atom. The summed E-state index contributed by atoms with van der Waals surface area (Å²) < 4.78 is 13.5. The second-order valence-electron chi connectivity index (χ2n) is 6.25. The van der Waals surface area contributed by atoms with Crippen molar-refractivity contribution < 1.29 is 4.39 Å². The van der Waals surface area contributed by atoms with E-state index in [0.717, 1.165) is 54.6 Å². The monoisotopic (exact) mass is 346 g/mol. The average Bonchev–Trinajstić information content (AvgIpc) is 3.26. The van der Waals surface area contributed by atoms with Crippen molar-refractivity contribution in [3.63, 3.8) is 0 Å². The van der Waals surface area contributed by atoms with Gasteiger partial charge in [-0.05, 0) is 37.5 Å². The number of halogens is 1. The largest absolute Gasteiger partial charge is 0.356 e. The molecule has 0 aliphatic heterocycles. The van der Waals surface area contributed by atoms with Crippen LogP contribution in [0.15, 0.2) is 34.6 Å². The van der Waals surface area contributed by atoms with Crippen LogP contribution in [0.3, 0.4) is 0 Å². The van der Waals surface area contributed by atoms with Gasteiger partial charge in [0.05, 0.1) is 10.7 Å². The number of hydrogen-bond acceptors (Lipinski definition) is 3. The van der Waals surface area contributed by atoms with Crippen molar-refractivity contribution >= 4 is 17.3 Å². The number of thiazole rings is 1. The number of guanidine groups is 1. The summed E-state index contributed by atoms with van der Waals surface area (Å²) in [4.78, 5) is 8.73. The van der Waals surface area contributed by atoms with Crippen molar-refractivity contribution in [3.05, 3.63) is 51.7 Å². The molecule has 2 N–H and O–H groups in total. The number of benzene rings is 1. The molecule has 24 heavy (non-hydrogen) atoms. The number of aryl methyl sites for hydroxylation is 1. The molecule has 2 aromatic rings. The number of rotatable bonds is 6. The van der Waals surface area contributed by atoms with Crippen LogP contribution in [0, 0.1) is 12.7 Å². The molecule has 1 fully saturated rings. The van der Waals surface area contributed by atoms with E-state index >= 15 is 0 Å². The Morgan fingerprint density at radius 3 is 2.83 bits per heavy atom. The van der Waals surface area contributed by atoms with Crippen LogP contribution in [-0.2, 0) is 11.8 Å². The normalized spacial score (nSPS) is 16.0. The minimum atomic E-state index is -0.167. The van der Waals surface area contributed by atoms with E-state index in [2.05, 4.69) is 26.0 Å². The van der Waals surface area contributed by atoms with Crippen molar-refractivity contribution in [1.29, 1.82) is 0 Å². The summed E-state index contributed by atoms with van der Waals surface area (Å²) in [7, 11) is 1.77. The smallest absolute Gasteiger partial charge is 0.191 e. The second kappa shape index (κ2) is 7.30. The van der Waals surface area contributed by atoms with Crippen LogP contribution in [0.1, 0.15) is 29.1 Å². The van der Waals surface area contributed by atoms with Crippen molar-refractivity contribution in [2.75, 3.05) is 20.1 Å². The molecular formula is C18H23FN4S. The van der Waals surface area contributed by atoms with Gasteiger partial charge in [0.1, 0.15) is 5.82 Å². The van der Waals surface area contributed by atoms with Crippen molar-refractivity contribution in [2.24, 2.45) is 4.99 Å². The van der Waals surface area contributed by atoms with E-state index in [1.54, 1.807) is 30.5 Å². The van der Waals surface area contributed by atoms with Gasteiger partial charge in [0.15, 0.2) is 5.96 Å². The van der Waals surface area contributed by atoms with E-state index in [1.807, 2.05) is 13.0 Å². The second-order valence-corrected chi connectivity index (χ2v) is 7.31. The summed E-state index contributed by atoms with van der Waals surface area (Å²) >= 11 is 1.67. The molecule has 1 heterocycles. The summed E-state index contributed by atoms with van der Waals surface area (Å²) in [5, 5.41) is 9.89.